The molecular formula is C13H12FmNO3-. The van der Waals surface area contributed by atoms with Crippen LogP contribution in [0.5, 0.6) is 0 Å². The Balaban J connectivity index is 0.000000326. The molecule has 1 amide bonds. The van der Waals surface area contributed by atoms with E-state index in [1.165, 1.54) is 17.2 Å². The van der Waals surface area contributed by atoms with Crippen molar-refractivity contribution in [3.63, 3.8) is 0 Å². The quantitative estimate of drug-likeness (QED) is 0.511. The van der Waals surface area contributed by atoms with Crippen molar-refractivity contribution in [3.05, 3.63) is 48.5 Å². The van der Waals surface area contributed by atoms with Crippen molar-refractivity contribution in [3.8, 4) is 0 Å². The van der Waals surface area contributed by atoms with E-state index in [2.05, 4.69) is 48.5 Å². The fourth-order valence-electron chi connectivity index (χ4n) is 1.24. The van der Waals surface area contributed by atoms with Gasteiger partial charge in [0.2, 0.25) is 0 Å². The van der Waals surface area contributed by atoms with Crippen LogP contribution in [0.3, 0.4) is 0 Å². The van der Waals surface area contributed by atoms with Crippen molar-refractivity contribution >= 4 is 23.2 Å². The Hall–Kier alpha value is -3.36. The van der Waals surface area contributed by atoms with Gasteiger partial charge in [-0.3, -0.25) is 4.79 Å². The number of carboxylic acid groups (broad SMARTS) is 1. The van der Waals surface area contributed by atoms with E-state index in [0.717, 1.165) is 0 Å². The van der Waals surface area contributed by atoms with Gasteiger partial charge >= 0.3 is 5.97 Å². The van der Waals surface area contributed by atoms with Crippen molar-refractivity contribution in [1.82, 2.24) is 5.32 Å². The van der Waals surface area contributed by atoms with Gasteiger partial charge in [0, 0.05) is 0 Å². The number of hydrogen-bond donors (Lipinski definition) is 2. The van der Waals surface area contributed by atoms with E-state index in [1.807, 2.05) is 5.32 Å². The fourth-order valence-corrected chi connectivity index (χ4v) is 1.24. The third kappa shape index (κ3) is 4.93. The summed E-state index contributed by atoms with van der Waals surface area (Å²) >= 11 is 0. The predicted molar refractivity (Wildman–Crippen MR) is 65.3 cm³/mol. The molecule has 0 atom stereocenters. The number of aliphatic carboxylic acids is 1. The van der Waals surface area contributed by atoms with E-state index >= 15 is 0 Å². The van der Waals surface area contributed by atoms with Crippen LogP contribution in [0.4, 0.5) is 0 Å². The van der Waals surface area contributed by atoms with Gasteiger partial charge in [0.05, 0.1) is 6.54 Å². The molecule has 0 aliphatic carbocycles. The maximum absolute atomic E-state index is 9.52. The molecule has 5 heteroatoms. The number of carbonyl (C=O) groups excluding carboxylic acids is 1. The Bertz CT molecular complexity index is 437. The third-order valence-corrected chi connectivity index (χ3v) is 1.97. The molecule has 100 valence electrons. The molecule has 0 aliphatic rings. The Morgan fingerprint density at radius 3 is 1.67 bits per heavy atom. The molecule has 0 fully saturated rings. The maximum atomic E-state index is 9.52. The van der Waals surface area contributed by atoms with Crippen molar-refractivity contribution in [2.45, 2.75) is 0 Å². The molecule has 0 bridgehead atoms. The number of benzene rings is 2. The van der Waals surface area contributed by atoms with Crippen molar-refractivity contribution < 1.29 is 14.7 Å². The molecule has 0 spiro atoms. The van der Waals surface area contributed by atoms with Crippen LogP contribution < -0.4 is 5.32 Å². The van der Waals surface area contributed by atoms with E-state index in [1.54, 1.807) is 0 Å². The Morgan fingerprint density at radius 2 is 1.44 bits per heavy atom. The van der Waals surface area contributed by atoms with E-state index in [-0.39, 0.29) is 6.54 Å². The molecule has 2 aromatic carbocycles. The van der Waals surface area contributed by atoms with Crippen LogP contribution in [0.25, 0.3) is 10.8 Å². The predicted octanol–water partition coefficient (Wildman–Crippen LogP) is 1.57. The van der Waals surface area contributed by atoms with Crippen LogP contribution in [0.15, 0.2) is 48.5 Å². The first-order valence-corrected chi connectivity index (χ1v) is 4.99. The van der Waals surface area contributed by atoms with E-state index in [4.69, 9.17) is 5.11 Å². The average Bonchev–Trinajstić information content (AvgIpc) is 2.37. The Labute approximate surface area is 98.9 Å². The molecule has 0 saturated heterocycles. The zero-order chi connectivity index (χ0) is 12.5. The summed E-state index contributed by atoms with van der Waals surface area (Å²) in [6.07, 6.45) is 1.22. The normalized spacial score (nSPS) is 8.44. The van der Waals surface area contributed by atoms with Crippen molar-refractivity contribution in [2.24, 2.45) is 0 Å². The number of carboxylic acids is 1. The van der Waals surface area contributed by atoms with Gasteiger partial charge in [-0.2, -0.15) is 6.41 Å². The van der Waals surface area contributed by atoms with Gasteiger partial charge in [-0.1, -0.05) is 48.5 Å². The standard InChI is InChI=1S/C10H8.C3H4NO3.Fm/c1-2-6-10-8-4-3-7-9(10)5-1;5-2-4-1-3(6)7;/h1-8H;1H2,(H,4,5)(H,6,7);/q;-1;. The summed E-state index contributed by atoms with van der Waals surface area (Å²) in [5.74, 6) is -1.07. The molecule has 0 unspecified atom stereocenters. The third-order valence-electron chi connectivity index (χ3n) is 1.97. The number of hydrogen-bond acceptors (Lipinski definition) is 2. The van der Waals surface area contributed by atoms with E-state index in [9.17, 15) is 9.59 Å². The first-order valence-electron chi connectivity index (χ1n) is 4.99. The van der Waals surface area contributed by atoms with E-state index < -0.39 is 5.97 Å². The molecule has 2 N–H and O–H groups in total. The Morgan fingerprint density at radius 1 is 1.06 bits per heavy atom. The van der Waals surface area contributed by atoms with Crippen LogP contribution in [0.1, 0.15) is 0 Å². The molecule has 18 heavy (non-hydrogen) atoms. The number of carbonyl (C=O) groups is 1. The molecule has 0 aromatic heterocycles. The summed E-state index contributed by atoms with van der Waals surface area (Å²) in [6.45, 7) is -0.358. The van der Waals surface area contributed by atoms with Crippen LogP contribution in [-0.2, 0) is 9.59 Å². The number of amides is 1. The zero-order valence-electron chi connectivity index (χ0n) is 9.38. The average molecular weight is 487 g/mol. The van der Waals surface area contributed by atoms with Gasteiger partial charge in [-0.25, -0.2) is 0 Å². The minimum absolute atomic E-state index is 0. The molecule has 0 aliphatic heterocycles. The summed E-state index contributed by atoms with van der Waals surface area (Å²) in [4.78, 5) is 18.7. The summed E-state index contributed by atoms with van der Waals surface area (Å²) in [5, 5.41) is 12.3. The van der Waals surface area contributed by atoms with Crippen LogP contribution in [0, 0.1) is 0 Å². The van der Waals surface area contributed by atoms with Crippen molar-refractivity contribution in [2.75, 3.05) is 6.54 Å². The summed E-state index contributed by atoms with van der Waals surface area (Å²) in [5.41, 5.74) is 0. The molecule has 0 radical (unpaired) electrons. The monoisotopic (exact) mass is 487 g/mol. The summed E-state index contributed by atoms with van der Waals surface area (Å²) < 4.78 is 0. The minimum atomic E-state index is -1.07. The Kier molecular flexibility index (Phi) is 6.40. The molecule has 0 heterocycles. The second-order valence-corrected chi connectivity index (χ2v) is 3.20. The van der Waals surface area contributed by atoms with Crippen LogP contribution >= 0.6 is 0 Å². The molecular weight excluding hydrogens is 475 g/mol. The number of rotatable bonds is 3. The molecule has 0 saturated carbocycles. The SMILES string of the molecule is O=[C-]NCC(=O)O.[Fm].c1ccc2ccccc2c1. The number of nitrogens with one attached hydrogen (secondary N) is 1. The zero-order valence-corrected chi connectivity index (χ0v) is 11.8. The van der Waals surface area contributed by atoms with Gasteiger partial charge in [-0.05, 0) is 10.8 Å². The van der Waals surface area contributed by atoms with Crippen LogP contribution in [-0.4, -0.2) is 24.0 Å². The summed E-state index contributed by atoms with van der Waals surface area (Å²) in [7, 11) is 0. The van der Waals surface area contributed by atoms with E-state index in [0.29, 0.717) is 0 Å². The second kappa shape index (κ2) is 7.87. The summed E-state index contributed by atoms with van der Waals surface area (Å²) in [6, 6.07) is 16.7. The first-order chi connectivity index (χ1) is 8.24. The van der Waals surface area contributed by atoms with Gasteiger partial charge in [0.25, 0.3) is 0 Å². The van der Waals surface area contributed by atoms with Crippen molar-refractivity contribution in [1.29, 1.82) is 0 Å². The molecule has 2 aromatic rings. The number of fused-ring (bicyclic) bond motifs is 1. The molecule has 2 rings (SSSR count). The second-order valence-electron chi connectivity index (χ2n) is 3.20. The fraction of sp³-hybridized carbons (Fsp3) is 0.0769. The topological polar surface area (TPSA) is 66.4 Å². The largest absolute Gasteiger partial charge is 0.521 e. The van der Waals surface area contributed by atoms with Gasteiger partial charge in [-0.15, -0.1) is 0 Å². The van der Waals surface area contributed by atoms with Gasteiger partial charge in [0.1, 0.15) is 0 Å². The maximum Gasteiger partial charge on any atom is 0.320 e. The first kappa shape index (κ1) is 14.6. The smallest absolute Gasteiger partial charge is 0.320 e. The minimum Gasteiger partial charge on any atom is -0.521 e. The molecule has 4 nitrogen and oxygen atoms in total. The van der Waals surface area contributed by atoms with Crippen LogP contribution in [0.2, 0.25) is 0 Å². The van der Waals surface area contributed by atoms with Gasteiger partial charge < -0.3 is 15.2 Å². The van der Waals surface area contributed by atoms with Gasteiger partial charge in [0.15, 0.2) is 0 Å².